The first-order valence-electron chi connectivity index (χ1n) is 7.45. The molecule has 0 aliphatic carbocycles. The van der Waals surface area contributed by atoms with Crippen LogP contribution < -0.4 is 5.32 Å². The van der Waals surface area contributed by atoms with Crippen LogP contribution in [0.25, 0.3) is 0 Å². The van der Waals surface area contributed by atoms with Crippen molar-refractivity contribution in [1.82, 2.24) is 15.1 Å². The Morgan fingerprint density at radius 1 is 1.16 bits per heavy atom. The van der Waals surface area contributed by atoms with Gasteiger partial charge in [-0.25, -0.2) is 0 Å². The largest absolute Gasteiger partial charge is 0.310 e. The van der Waals surface area contributed by atoms with Crippen molar-refractivity contribution in [1.29, 1.82) is 0 Å². The van der Waals surface area contributed by atoms with Crippen LogP contribution >= 0.6 is 0 Å². The molecular formula is C16H25N3. The smallest absolute Gasteiger partial charge is 0.0234 e. The van der Waals surface area contributed by atoms with Crippen LogP contribution in [0, 0.1) is 0 Å². The van der Waals surface area contributed by atoms with Crippen LogP contribution in [-0.2, 0) is 19.5 Å². The Balaban J connectivity index is 1.67. The molecule has 1 aromatic carbocycles. The minimum absolute atomic E-state index is 0.617. The second-order valence-electron chi connectivity index (χ2n) is 6.17. The van der Waals surface area contributed by atoms with E-state index in [0.717, 1.165) is 13.1 Å². The molecule has 3 nitrogen and oxygen atoms in total. The molecule has 3 rings (SSSR count). The monoisotopic (exact) mass is 259 g/mol. The summed E-state index contributed by atoms with van der Waals surface area (Å²) in [5, 5.41) is 3.53. The Bertz CT molecular complexity index is 436. The molecule has 2 aliphatic rings. The fourth-order valence-corrected chi connectivity index (χ4v) is 3.09. The lowest BCUT2D eigenvalue weighted by Crippen LogP contribution is -2.43. The highest BCUT2D eigenvalue weighted by atomic mass is 15.2. The second-order valence-corrected chi connectivity index (χ2v) is 6.17. The summed E-state index contributed by atoms with van der Waals surface area (Å²) < 4.78 is 0. The fourth-order valence-electron chi connectivity index (χ4n) is 3.09. The van der Waals surface area contributed by atoms with Gasteiger partial charge in [-0.2, -0.15) is 0 Å². The summed E-state index contributed by atoms with van der Waals surface area (Å²) in [6, 6.07) is 7.69. The van der Waals surface area contributed by atoms with Gasteiger partial charge in [-0.3, -0.25) is 4.90 Å². The average Bonchev–Trinajstić information content (AvgIpc) is 2.41. The van der Waals surface area contributed by atoms with Crippen LogP contribution in [0.2, 0.25) is 0 Å². The number of fused-ring (bicyclic) bond motifs is 1. The topological polar surface area (TPSA) is 18.5 Å². The van der Waals surface area contributed by atoms with E-state index in [-0.39, 0.29) is 0 Å². The van der Waals surface area contributed by atoms with Gasteiger partial charge in [0.25, 0.3) is 0 Å². The number of benzene rings is 1. The van der Waals surface area contributed by atoms with Gasteiger partial charge in [0.1, 0.15) is 0 Å². The van der Waals surface area contributed by atoms with E-state index >= 15 is 0 Å². The zero-order chi connectivity index (χ0) is 13.2. The summed E-state index contributed by atoms with van der Waals surface area (Å²) >= 11 is 0. The van der Waals surface area contributed by atoms with E-state index in [9.17, 15) is 0 Å². The Kier molecular flexibility index (Phi) is 3.87. The van der Waals surface area contributed by atoms with Crippen molar-refractivity contribution in [2.24, 2.45) is 0 Å². The van der Waals surface area contributed by atoms with E-state index < -0.39 is 0 Å². The number of nitrogens with zero attached hydrogens (tertiary/aromatic N) is 2. The maximum Gasteiger partial charge on any atom is 0.0234 e. The molecule has 0 bridgehead atoms. The molecule has 0 amide bonds. The summed E-state index contributed by atoms with van der Waals surface area (Å²) in [6.07, 6.45) is 1.17. The molecule has 0 spiro atoms. The highest BCUT2D eigenvalue weighted by Crippen LogP contribution is 2.19. The predicted molar refractivity (Wildman–Crippen MR) is 79.2 cm³/mol. The first-order valence-corrected chi connectivity index (χ1v) is 7.45. The molecule has 2 aliphatic heterocycles. The molecule has 1 fully saturated rings. The van der Waals surface area contributed by atoms with Crippen LogP contribution in [0.5, 0.6) is 0 Å². The lowest BCUT2D eigenvalue weighted by Gasteiger charge is -2.32. The van der Waals surface area contributed by atoms with Crippen LogP contribution in [0.1, 0.15) is 23.6 Å². The number of hydrogen-bond donors (Lipinski definition) is 1. The Hall–Kier alpha value is -0.900. The molecule has 19 heavy (non-hydrogen) atoms. The van der Waals surface area contributed by atoms with Crippen molar-refractivity contribution in [3.63, 3.8) is 0 Å². The van der Waals surface area contributed by atoms with Crippen molar-refractivity contribution in [3.8, 4) is 0 Å². The summed E-state index contributed by atoms with van der Waals surface area (Å²) in [7, 11) is 2.21. The number of rotatable bonds is 2. The first kappa shape index (κ1) is 13.1. The summed E-state index contributed by atoms with van der Waals surface area (Å²) in [6.45, 7) is 9.22. The van der Waals surface area contributed by atoms with E-state index in [2.05, 4.69) is 47.3 Å². The van der Waals surface area contributed by atoms with Crippen LogP contribution in [0.15, 0.2) is 18.2 Å². The third-order valence-electron chi connectivity index (χ3n) is 4.44. The summed E-state index contributed by atoms with van der Waals surface area (Å²) in [5.74, 6) is 0. The number of piperazine rings is 1. The van der Waals surface area contributed by atoms with Crippen molar-refractivity contribution in [2.45, 2.75) is 32.5 Å². The number of hydrogen-bond acceptors (Lipinski definition) is 3. The SMILES string of the molecule is CC1Cc2cc(CN3CCN(C)CC3)ccc2CN1. The molecular weight excluding hydrogens is 234 g/mol. The lowest BCUT2D eigenvalue weighted by atomic mass is 9.94. The lowest BCUT2D eigenvalue weighted by molar-refractivity contribution is 0.148. The maximum atomic E-state index is 3.53. The highest BCUT2D eigenvalue weighted by Gasteiger charge is 2.17. The van der Waals surface area contributed by atoms with Crippen LogP contribution in [0.4, 0.5) is 0 Å². The Morgan fingerprint density at radius 2 is 1.95 bits per heavy atom. The molecule has 0 radical (unpaired) electrons. The van der Waals surface area contributed by atoms with Crippen molar-refractivity contribution >= 4 is 0 Å². The van der Waals surface area contributed by atoms with Gasteiger partial charge < -0.3 is 10.2 Å². The van der Waals surface area contributed by atoms with Crippen LogP contribution in [-0.4, -0.2) is 49.1 Å². The van der Waals surface area contributed by atoms with E-state index in [1.54, 1.807) is 5.56 Å². The minimum atomic E-state index is 0.617. The van der Waals surface area contributed by atoms with Gasteiger partial charge in [0.05, 0.1) is 0 Å². The maximum absolute atomic E-state index is 3.53. The molecule has 1 atom stereocenters. The molecule has 104 valence electrons. The van der Waals surface area contributed by atoms with Gasteiger partial charge in [-0.05, 0) is 37.1 Å². The fraction of sp³-hybridized carbons (Fsp3) is 0.625. The van der Waals surface area contributed by atoms with Gasteiger partial charge in [-0.1, -0.05) is 18.2 Å². The van der Waals surface area contributed by atoms with E-state index in [4.69, 9.17) is 0 Å². The second kappa shape index (κ2) is 5.61. The van der Waals surface area contributed by atoms with Crippen LogP contribution in [0.3, 0.4) is 0 Å². The van der Waals surface area contributed by atoms with Crippen molar-refractivity contribution in [3.05, 3.63) is 34.9 Å². The van der Waals surface area contributed by atoms with E-state index in [1.807, 2.05) is 0 Å². The molecule has 3 heteroatoms. The molecule has 1 saturated heterocycles. The highest BCUT2D eigenvalue weighted by molar-refractivity contribution is 5.34. The zero-order valence-electron chi connectivity index (χ0n) is 12.2. The van der Waals surface area contributed by atoms with E-state index in [1.165, 1.54) is 43.7 Å². The normalized spacial score (nSPS) is 25.3. The van der Waals surface area contributed by atoms with Crippen molar-refractivity contribution < 1.29 is 0 Å². The molecule has 0 aromatic heterocycles. The predicted octanol–water partition coefficient (Wildman–Crippen LogP) is 1.47. The van der Waals surface area contributed by atoms with Gasteiger partial charge in [-0.15, -0.1) is 0 Å². The average molecular weight is 259 g/mol. The molecule has 1 unspecified atom stereocenters. The third-order valence-corrected chi connectivity index (χ3v) is 4.44. The standard InChI is InChI=1S/C16H25N3/c1-13-9-16-10-14(3-4-15(16)11-17-13)12-19-7-5-18(2)6-8-19/h3-4,10,13,17H,5-9,11-12H2,1-2H3. The van der Waals surface area contributed by atoms with Gasteiger partial charge in [0.2, 0.25) is 0 Å². The molecule has 1 N–H and O–H groups in total. The third kappa shape index (κ3) is 3.16. The van der Waals surface area contributed by atoms with Gasteiger partial charge >= 0.3 is 0 Å². The Morgan fingerprint density at radius 3 is 2.74 bits per heavy atom. The molecule has 2 heterocycles. The Labute approximate surface area is 116 Å². The van der Waals surface area contributed by atoms with E-state index in [0.29, 0.717) is 6.04 Å². The van der Waals surface area contributed by atoms with Crippen molar-refractivity contribution in [2.75, 3.05) is 33.2 Å². The number of likely N-dealkylation sites (N-methyl/N-ethyl adjacent to an activating group) is 1. The summed E-state index contributed by atoms with van der Waals surface area (Å²) in [5.41, 5.74) is 4.52. The molecule has 1 aromatic rings. The quantitative estimate of drug-likeness (QED) is 0.867. The van der Waals surface area contributed by atoms with Gasteiger partial charge in [0, 0.05) is 45.3 Å². The minimum Gasteiger partial charge on any atom is -0.310 e. The first-order chi connectivity index (χ1) is 9.20. The number of nitrogens with one attached hydrogen (secondary N) is 1. The van der Waals surface area contributed by atoms with Gasteiger partial charge in [0.15, 0.2) is 0 Å². The molecule has 0 saturated carbocycles. The zero-order valence-corrected chi connectivity index (χ0v) is 12.2. The summed E-state index contributed by atoms with van der Waals surface area (Å²) in [4.78, 5) is 4.99.